The molecule has 0 radical (unpaired) electrons. The fourth-order valence-corrected chi connectivity index (χ4v) is 5.42. The van der Waals surface area contributed by atoms with Crippen LogP contribution in [0.3, 0.4) is 0 Å². The smallest absolute Gasteiger partial charge is 0.239 e. The van der Waals surface area contributed by atoms with E-state index in [-0.39, 0.29) is 29.3 Å². The van der Waals surface area contributed by atoms with Crippen LogP contribution in [0.25, 0.3) is 0 Å². The average Bonchev–Trinajstić information content (AvgIpc) is 3.08. The maximum Gasteiger partial charge on any atom is 0.239 e. The molecule has 0 aromatic heterocycles. The Morgan fingerprint density at radius 2 is 1.58 bits per heavy atom. The second kappa shape index (κ2) is 8.83. The molecule has 5 heteroatoms. The highest BCUT2D eigenvalue weighted by atomic mass is 16.2. The summed E-state index contributed by atoms with van der Waals surface area (Å²) in [7, 11) is 4.32. The van der Waals surface area contributed by atoms with E-state index in [2.05, 4.69) is 54.6 Å². The number of rotatable bonds is 6. The Bertz CT molecular complexity index is 903. The molecule has 1 saturated carbocycles. The Morgan fingerprint density at radius 1 is 0.968 bits per heavy atom. The largest absolute Gasteiger partial charge is 0.350 e. The quantitative estimate of drug-likeness (QED) is 0.779. The number of hydrogen-bond acceptors (Lipinski definition) is 3. The predicted octanol–water partition coefficient (Wildman–Crippen LogP) is 3.55. The number of amides is 2. The summed E-state index contributed by atoms with van der Waals surface area (Å²) >= 11 is 0. The minimum Gasteiger partial charge on any atom is -0.350 e. The molecule has 164 valence electrons. The molecule has 5 nitrogen and oxygen atoms in total. The molecule has 1 saturated heterocycles. The van der Waals surface area contributed by atoms with Crippen molar-refractivity contribution in [2.75, 3.05) is 27.2 Å². The number of benzene rings is 2. The van der Waals surface area contributed by atoms with Crippen LogP contribution in [0.4, 0.5) is 0 Å². The van der Waals surface area contributed by atoms with Gasteiger partial charge in [0.25, 0.3) is 0 Å². The van der Waals surface area contributed by atoms with Gasteiger partial charge in [-0.1, -0.05) is 60.7 Å². The normalized spacial score (nSPS) is 25.9. The van der Waals surface area contributed by atoms with E-state index in [1.807, 2.05) is 30.3 Å². The lowest BCUT2D eigenvalue weighted by Gasteiger charge is -2.48. The van der Waals surface area contributed by atoms with Crippen LogP contribution in [0.5, 0.6) is 0 Å². The van der Waals surface area contributed by atoms with Crippen molar-refractivity contribution in [3.63, 3.8) is 0 Å². The van der Waals surface area contributed by atoms with Crippen LogP contribution in [0.2, 0.25) is 0 Å². The van der Waals surface area contributed by atoms with Crippen LogP contribution in [0.1, 0.15) is 43.2 Å². The minimum atomic E-state index is -0.0861. The fraction of sp³-hybridized carbons (Fsp3) is 0.462. The maximum absolute atomic E-state index is 12.8. The number of nitrogens with zero attached hydrogens (tertiary/aromatic N) is 2. The van der Waals surface area contributed by atoms with Gasteiger partial charge in [0.1, 0.15) is 0 Å². The van der Waals surface area contributed by atoms with E-state index in [1.165, 1.54) is 5.56 Å². The standard InChI is InChI=1S/C26H33N3O2/c1-28(2)26(22-11-7-4-8-12-22)15-13-25(14-16-26)17-24(31)29(20-25)19-23(30)27-18-21-9-5-3-6-10-21/h3-12H,13-20H2,1-2H3,(H,27,30). The second-order valence-corrected chi connectivity index (χ2v) is 9.48. The van der Waals surface area contributed by atoms with Crippen molar-refractivity contribution in [3.8, 4) is 0 Å². The summed E-state index contributed by atoms with van der Waals surface area (Å²) in [5, 5.41) is 2.95. The summed E-state index contributed by atoms with van der Waals surface area (Å²) in [6, 6.07) is 20.6. The predicted molar refractivity (Wildman–Crippen MR) is 122 cm³/mol. The molecule has 0 atom stereocenters. The molecule has 31 heavy (non-hydrogen) atoms. The van der Waals surface area contributed by atoms with E-state index < -0.39 is 0 Å². The van der Waals surface area contributed by atoms with Gasteiger partial charge >= 0.3 is 0 Å². The number of carbonyl (C=O) groups is 2. The number of hydrogen-bond donors (Lipinski definition) is 1. The molecular weight excluding hydrogens is 386 g/mol. The van der Waals surface area contributed by atoms with Crippen molar-refractivity contribution in [3.05, 3.63) is 71.8 Å². The summed E-state index contributed by atoms with van der Waals surface area (Å²) in [5.41, 5.74) is 2.45. The Hall–Kier alpha value is -2.66. The van der Waals surface area contributed by atoms with Crippen LogP contribution in [0.15, 0.2) is 60.7 Å². The molecule has 2 amide bonds. The van der Waals surface area contributed by atoms with Crippen LogP contribution in [-0.4, -0.2) is 48.8 Å². The van der Waals surface area contributed by atoms with E-state index in [1.54, 1.807) is 4.90 Å². The monoisotopic (exact) mass is 419 g/mol. The third-order valence-corrected chi connectivity index (χ3v) is 7.38. The zero-order valence-corrected chi connectivity index (χ0v) is 18.6. The van der Waals surface area contributed by atoms with E-state index in [0.29, 0.717) is 19.5 Å². The molecule has 2 aromatic carbocycles. The Kier molecular flexibility index (Phi) is 6.15. The Balaban J connectivity index is 1.36. The molecule has 0 bridgehead atoms. The van der Waals surface area contributed by atoms with E-state index in [9.17, 15) is 9.59 Å². The van der Waals surface area contributed by atoms with E-state index in [4.69, 9.17) is 0 Å². The molecule has 1 heterocycles. The van der Waals surface area contributed by atoms with Gasteiger partial charge in [-0.25, -0.2) is 0 Å². The highest BCUT2D eigenvalue weighted by molar-refractivity contribution is 5.86. The van der Waals surface area contributed by atoms with Crippen LogP contribution in [-0.2, 0) is 21.7 Å². The summed E-state index contributed by atoms with van der Waals surface area (Å²) in [6.07, 6.45) is 4.65. The summed E-state index contributed by atoms with van der Waals surface area (Å²) in [6.45, 7) is 1.35. The van der Waals surface area contributed by atoms with Gasteiger partial charge in [-0.3, -0.25) is 14.5 Å². The first kappa shape index (κ1) is 21.6. The van der Waals surface area contributed by atoms with Gasteiger partial charge in [0, 0.05) is 25.0 Å². The molecule has 0 unspecified atom stereocenters. The first-order valence-electron chi connectivity index (χ1n) is 11.2. The van der Waals surface area contributed by atoms with Crippen LogP contribution in [0, 0.1) is 5.41 Å². The first-order valence-corrected chi connectivity index (χ1v) is 11.2. The van der Waals surface area contributed by atoms with Crippen molar-refractivity contribution in [1.29, 1.82) is 0 Å². The lowest BCUT2D eigenvalue weighted by Crippen LogP contribution is -2.47. The Morgan fingerprint density at radius 3 is 2.19 bits per heavy atom. The second-order valence-electron chi connectivity index (χ2n) is 9.48. The first-order chi connectivity index (χ1) is 14.9. The lowest BCUT2D eigenvalue weighted by atomic mass is 9.64. The van der Waals surface area contributed by atoms with Gasteiger partial charge in [-0.2, -0.15) is 0 Å². The van der Waals surface area contributed by atoms with Gasteiger partial charge in [0.05, 0.1) is 6.54 Å². The highest BCUT2D eigenvalue weighted by Gasteiger charge is 2.50. The van der Waals surface area contributed by atoms with Crippen molar-refractivity contribution in [2.45, 2.75) is 44.2 Å². The highest BCUT2D eigenvalue weighted by Crippen LogP contribution is 2.52. The molecule has 1 spiro atoms. The zero-order valence-electron chi connectivity index (χ0n) is 18.6. The van der Waals surface area contributed by atoms with Gasteiger partial charge in [0.2, 0.25) is 11.8 Å². The van der Waals surface area contributed by atoms with Crippen molar-refractivity contribution in [2.24, 2.45) is 5.41 Å². The fourth-order valence-electron chi connectivity index (χ4n) is 5.42. The number of likely N-dealkylation sites (tertiary alicyclic amines) is 1. The van der Waals surface area contributed by atoms with Crippen molar-refractivity contribution in [1.82, 2.24) is 15.1 Å². The molecule has 2 fully saturated rings. The topological polar surface area (TPSA) is 52.7 Å². The molecule has 1 aliphatic carbocycles. The van der Waals surface area contributed by atoms with Crippen molar-refractivity contribution >= 4 is 11.8 Å². The molecular formula is C26H33N3O2. The molecule has 2 aromatic rings. The molecule has 2 aliphatic rings. The van der Waals surface area contributed by atoms with Crippen molar-refractivity contribution < 1.29 is 9.59 Å². The average molecular weight is 420 g/mol. The molecule has 4 rings (SSSR count). The third-order valence-electron chi connectivity index (χ3n) is 7.38. The lowest BCUT2D eigenvalue weighted by molar-refractivity contribution is -0.133. The van der Waals surface area contributed by atoms with Crippen LogP contribution >= 0.6 is 0 Å². The summed E-state index contributed by atoms with van der Waals surface area (Å²) in [5.74, 6) is 0.0314. The van der Waals surface area contributed by atoms with Crippen LogP contribution < -0.4 is 5.32 Å². The third kappa shape index (κ3) is 4.52. The molecule has 1 N–H and O–H groups in total. The Labute approximate surface area is 185 Å². The minimum absolute atomic E-state index is 0.00504. The number of nitrogens with one attached hydrogen (secondary N) is 1. The summed E-state index contributed by atoms with van der Waals surface area (Å²) < 4.78 is 0. The van der Waals surface area contributed by atoms with E-state index >= 15 is 0 Å². The van der Waals surface area contributed by atoms with Gasteiger partial charge in [0.15, 0.2) is 0 Å². The summed E-state index contributed by atoms with van der Waals surface area (Å²) in [4.78, 5) is 29.3. The maximum atomic E-state index is 12.8. The zero-order chi connectivity index (χ0) is 21.9. The number of carbonyl (C=O) groups excluding carboxylic acids is 2. The van der Waals surface area contributed by atoms with Gasteiger partial charge in [-0.15, -0.1) is 0 Å². The van der Waals surface area contributed by atoms with Gasteiger partial charge < -0.3 is 10.2 Å². The van der Waals surface area contributed by atoms with E-state index in [0.717, 1.165) is 31.2 Å². The van der Waals surface area contributed by atoms with Gasteiger partial charge in [-0.05, 0) is 56.3 Å². The SMILES string of the molecule is CN(C)C1(c2ccccc2)CCC2(CC1)CC(=O)N(CC(=O)NCc1ccccc1)C2. The molecule has 1 aliphatic heterocycles.